The van der Waals surface area contributed by atoms with Crippen LogP contribution in [0.1, 0.15) is 58.8 Å². The van der Waals surface area contributed by atoms with Gasteiger partial charge in [0.05, 0.1) is 5.76 Å². The van der Waals surface area contributed by atoms with E-state index in [0.717, 1.165) is 38.5 Å². The molecule has 0 aromatic carbocycles. The Labute approximate surface area is 127 Å². The molecule has 1 fully saturated rings. The van der Waals surface area contributed by atoms with Crippen LogP contribution in [0, 0.1) is 29.1 Å². The van der Waals surface area contributed by atoms with Crippen LogP contribution in [-0.2, 0) is 4.79 Å². The Bertz CT molecular complexity index is 556. The number of carbonyl (C=O) groups excluding carboxylic acids is 1. The lowest BCUT2D eigenvalue weighted by Gasteiger charge is -2.53. The van der Waals surface area contributed by atoms with Crippen molar-refractivity contribution >= 4 is 5.78 Å². The van der Waals surface area contributed by atoms with Gasteiger partial charge < -0.3 is 5.11 Å². The molecule has 4 rings (SSSR count). The van der Waals surface area contributed by atoms with Crippen molar-refractivity contribution in [1.82, 2.24) is 0 Å². The molecule has 0 amide bonds. The Balaban J connectivity index is 1.71. The minimum absolute atomic E-state index is 0.0258. The normalized spacial score (nSPS) is 45.8. The molecule has 21 heavy (non-hydrogen) atoms. The van der Waals surface area contributed by atoms with Crippen LogP contribution in [0.2, 0.25) is 0 Å². The Hall–Kier alpha value is -1.05. The number of rotatable bonds is 0. The van der Waals surface area contributed by atoms with Gasteiger partial charge >= 0.3 is 0 Å². The maximum atomic E-state index is 11.8. The molecule has 0 aromatic rings. The highest BCUT2D eigenvalue weighted by Gasteiger charge is 2.54. The topological polar surface area (TPSA) is 37.3 Å². The van der Waals surface area contributed by atoms with Gasteiger partial charge in [-0.1, -0.05) is 25.0 Å². The predicted octanol–water partition coefficient (Wildman–Crippen LogP) is 4.57. The monoisotopic (exact) mass is 286 g/mol. The summed E-state index contributed by atoms with van der Waals surface area (Å²) in [5.41, 5.74) is 3.16. The van der Waals surface area contributed by atoms with E-state index < -0.39 is 0 Å². The number of hydrogen-bond donors (Lipinski definition) is 1. The van der Waals surface area contributed by atoms with E-state index in [2.05, 4.69) is 19.9 Å². The van der Waals surface area contributed by atoms with Gasteiger partial charge in [0.1, 0.15) is 5.78 Å². The van der Waals surface area contributed by atoms with Crippen molar-refractivity contribution in [2.24, 2.45) is 29.1 Å². The third-order valence-corrected chi connectivity index (χ3v) is 7.08. The number of ketones is 1. The van der Waals surface area contributed by atoms with Crippen molar-refractivity contribution < 1.29 is 9.90 Å². The Morgan fingerprint density at radius 1 is 1.33 bits per heavy atom. The molecular formula is C19H26O2. The molecule has 5 atom stereocenters. The van der Waals surface area contributed by atoms with E-state index in [1.807, 2.05) is 0 Å². The van der Waals surface area contributed by atoms with Crippen molar-refractivity contribution in [1.29, 1.82) is 0 Å². The van der Waals surface area contributed by atoms with Gasteiger partial charge in [0.2, 0.25) is 0 Å². The maximum absolute atomic E-state index is 11.8. The number of Topliss-reactive ketones (excluding diaryl/α,β-unsaturated/α-hetero) is 1. The molecule has 1 saturated carbocycles. The Kier molecular flexibility index (Phi) is 2.90. The number of aliphatic hydroxyl groups is 1. The van der Waals surface area contributed by atoms with E-state index >= 15 is 0 Å². The molecule has 4 aliphatic rings. The third-order valence-electron chi connectivity index (χ3n) is 7.08. The smallest absolute Gasteiger partial charge is 0.137 e. The Morgan fingerprint density at radius 2 is 2.14 bits per heavy atom. The molecule has 0 radical (unpaired) electrons. The zero-order valence-electron chi connectivity index (χ0n) is 13.2. The minimum atomic E-state index is 0.0258. The highest BCUT2D eigenvalue weighted by molar-refractivity contribution is 5.82. The molecule has 0 heterocycles. The van der Waals surface area contributed by atoms with Gasteiger partial charge in [-0.15, -0.1) is 0 Å². The van der Waals surface area contributed by atoms with E-state index in [9.17, 15) is 9.90 Å². The van der Waals surface area contributed by atoms with Crippen molar-refractivity contribution in [2.75, 3.05) is 0 Å². The van der Waals surface area contributed by atoms with Crippen LogP contribution < -0.4 is 0 Å². The second-order valence-electron chi connectivity index (χ2n) is 8.10. The molecule has 114 valence electrons. The second-order valence-corrected chi connectivity index (χ2v) is 8.10. The SMILES string of the molecule is CC1CC2=C(CCC(=O)C2)C2CCC3(C)C(O)=CCC3C12. The van der Waals surface area contributed by atoms with Crippen molar-refractivity contribution in [3.8, 4) is 0 Å². The predicted molar refractivity (Wildman–Crippen MR) is 82.8 cm³/mol. The summed E-state index contributed by atoms with van der Waals surface area (Å²) in [6, 6.07) is 0. The van der Waals surface area contributed by atoms with Crippen LogP contribution in [0.3, 0.4) is 0 Å². The van der Waals surface area contributed by atoms with Gasteiger partial charge in [-0.05, 0) is 61.9 Å². The van der Waals surface area contributed by atoms with Crippen LogP contribution in [0.5, 0.6) is 0 Å². The zero-order chi connectivity index (χ0) is 14.8. The summed E-state index contributed by atoms with van der Waals surface area (Å²) in [7, 11) is 0. The lowest BCUT2D eigenvalue weighted by Crippen LogP contribution is -2.46. The average molecular weight is 286 g/mol. The number of allylic oxidation sites excluding steroid dienone is 4. The fraction of sp³-hybridized carbons (Fsp3) is 0.737. The molecular weight excluding hydrogens is 260 g/mol. The summed E-state index contributed by atoms with van der Waals surface area (Å²) in [5.74, 6) is 3.75. The summed E-state index contributed by atoms with van der Waals surface area (Å²) >= 11 is 0. The van der Waals surface area contributed by atoms with Gasteiger partial charge in [-0.25, -0.2) is 0 Å². The fourth-order valence-electron chi connectivity index (χ4n) is 6.01. The van der Waals surface area contributed by atoms with Gasteiger partial charge in [-0.3, -0.25) is 4.79 Å². The molecule has 4 aliphatic carbocycles. The molecule has 0 spiro atoms. The first-order chi connectivity index (χ1) is 10.0. The van der Waals surface area contributed by atoms with E-state index in [-0.39, 0.29) is 5.41 Å². The van der Waals surface area contributed by atoms with Crippen LogP contribution in [0.15, 0.2) is 23.0 Å². The Morgan fingerprint density at radius 3 is 2.95 bits per heavy atom. The highest BCUT2D eigenvalue weighted by Crippen LogP contribution is 2.61. The van der Waals surface area contributed by atoms with Crippen molar-refractivity contribution in [3.63, 3.8) is 0 Å². The van der Waals surface area contributed by atoms with Crippen LogP contribution in [0.25, 0.3) is 0 Å². The summed E-state index contributed by atoms with van der Waals surface area (Å²) in [4.78, 5) is 11.8. The largest absolute Gasteiger partial charge is 0.512 e. The third kappa shape index (κ3) is 1.80. The van der Waals surface area contributed by atoms with Gasteiger partial charge in [0, 0.05) is 18.3 Å². The van der Waals surface area contributed by atoms with E-state index in [1.54, 1.807) is 5.57 Å². The summed E-state index contributed by atoms with van der Waals surface area (Å²) < 4.78 is 0. The van der Waals surface area contributed by atoms with Crippen LogP contribution >= 0.6 is 0 Å². The summed E-state index contributed by atoms with van der Waals surface area (Å²) in [5, 5.41) is 10.3. The molecule has 0 saturated heterocycles. The number of fused-ring (bicyclic) bond motifs is 4. The van der Waals surface area contributed by atoms with Gasteiger partial charge in [0.15, 0.2) is 0 Å². The first-order valence-corrected chi connectivity index (χ1v) is 8.63. The molecule has 2 heteroatoms. The number of carbonyl (C=O) groups is 1. The molecule has 0 aromatic heterocycles. The van der Waals surface area contributed by atoms with E-state index in [4.69, 9.17) is 0 Å². The highest BCUT2D eigenvalue weighted by atomic mass is 16.3. The standard InChI is InChI=1S/C19H26O2/c1-11-9-12-10-13(20)3-4-14(12)15-7-8-19(2)16(18(11)15)5-6-17(19)21/h6,11,15-16,18,21H,3-5,7-10H2,1-2H3. The first-order valence-electron chi connectivity index (χ1n) is 8.63. The first kappa shape index (κ1) is 13.6. The summed E-state index contributed by atoms with van der Waals surface area (Å²) in [6.07, 6.45) is 9.08. The maximum Gasteiger partial charge on any atom is 0.137 e. The van der Waals surface area contributed by atoms with Gasteiger partial charge in [0.25, 0.3) is 0 Å². The average Bonchev–Trinajstić information content (AvgIpc) is 2.74. The van der Waals surface area contributed by atoms with Crippen molar-refractivity contribution in [2.45, 2.75) is 58.8 Å². The fourth-order valence-corrected chi connectivity index (χ4v) is 6.01. The molecule has 1 N–H and O–H groups in total. The van der Waals surface area contributed by atoms with Crippen LogP contribution in [0.4, 0.5) is 0 Å². The summed E-state index contributed by atoms with van der Waals surface area (Å²) in [6.45, 7) is 4.65. The van der Waals surface area contributed by atoms with E-state index in [0.29, 0.717) is 35.2 Å². The molecule has 0 bridgehead atoms. The zero-order valence-corrected chi connectivity index (χ0v) is 13.2. The second kappa shape index (κ2) is 4.47. The molecule has 0 aliphatic heterocycles. The van der Waals surface area contributed by atoms with Crippen molar-refractivity contribution in [3.05, 3.63) is 23.0 Å². The molecule has 2 nitrogen and oxygen atoms in total. The van der Waals surface area contributed by atoms with Crippen LogP contribution in [-0.4, -0.2) is 10.9 Å². The lowest BCUT2D eigenvalue weighted by molar-refractivity contribution is -0.119. The van der Waals surface area contributed by atoms with E-state index in [1.165, 1.54) is 12.0 Å². The number of aliphatic hydroxyl groups excluding tert-OH is 1. The quantitative estimate of drug-likeness (QED) is 0.662. The number of hydrogen-bond acceptors (Lipinski definition) is 2. The minimum Gasteiger partial charge on any atom is -0.512 e. The molecule has 5 unspecified atom stereocenters. The lowest BCUT2D eigenvalue weighted by atomic mass is 9.51. The van der Waals surface area contributed by atoms with Gasteiger partial charge in [-0.2, -0.15) is 0 Å².